The molecule has 1 amide bonds. The van der Waals surface area contributed by atoms with Crippen molar-refractivity contribution in [3.8, 4) is 0 Å². The SMILES string of the molecule is O=C(c1ccc(N2CC=C(c3cccs3)CC2)c([N+](=O)[O-])c1)N1CCOCC1. The van der Waals surface area contributed by atoms with Crippen molar-refractivity contribution in [3.63, 3.8) is 0 Å². The van der Waals surface area contributed by atoms with Gasteiger partial charge in [-0.1, -0.05) is 12.1 Å². The van der Waals surface area contributed by atoms with Gasteiger partial charge in [0.25, 0.3) is 11.6 Å². The lowest BCUT2D eigenvalue weighted by Crippen LogP contribution is -2.40. The van der Waals surface area contributed by atoms with Gasteiger partial charge in [0.1, 0.15) is 5.69 Å². The molecule has 8 heteroatoms. The second-order valence-electron chi connectivity index (χ2n) is 6.77. The number of rotatable bonds is 4. The van der Waals surface area contributed by atoms with Gasteiger partial charge in [0, 0.05) is 42.7 Å². The lowest BCUT2D eigenvalue weighted by atomic mass is 10.0. The number of nitro benzene ring substituents is 1. The molecule has 28 heavy (non-hydrogen) atoms. The molecule has 0 N–H and O–H groups in total. The number of nitro groups is 1. The molecule has 4 rings (SSSR count). The van der Waals surface area contributed by atoms with E-state index in [9.17, 15) is 14.9 Å². The minimum absolute atomic E-state index is 0.0212. The van der Waals surface area contributed by atoms with Crippen molar-refractivity contribution < 1.29 is 14.5 Å². The highest BCUT2D eigenvalue weighted by Gasteiger charge is 2.26. The van der Waals surface area contributed by atoms with Crippen molar-refractivity contribution in [2.24, 2.45) is 0 Å². The Bertz CT molecular complexity index is 904. The molecule has 2 aromatic rings. The number of thiophene rings is 1. The summed E-state index contributed by atoms with van der Waals surface area (Å²) in [6.45, 7) is 3.34. The van der Waals surface area contributed by atoms with Crippen LogP contribution in [0, 0.1) is 10.1 Å². The van der Waals surface area contributed by atoms with Gasteiger partial charge in [-0.2, -0.15) is 0 Å². The van der Waals surface area contributed by atoms with E-state index in [0.717, 1.165) is 6.42 Å². The maximum absolute atomic E-state index is 12.7. The lowest BCUT2D eigenvalue weighted by molar-refractivity contribution is -0.384. The molecule has 0 bridgehead atoms. The molecular weight excluding hydrogens is 378 g/mol. The number of morpholine rings is 1. The normalized spacial score (nSPS) is 17.4. The second kappa shape index (κ2) is 8.12. The summed E-state index contributed by atoms with van der Waals surface area (Å²) in [4.78, 5) is 28.9. The summed E-state index contributed by atoms with van der Waals surface area (Å²) in [5.74, 6) is -0.184. The average molecular weight is 399 g/mol. The fourth-order valence-electron chi connectivity index (χ4n) is 3.59. The van der Waals surface area contributed by atoms with Gasteiger partial charge in [0.15, 0.2) is 0 Å². The number of nitrogens with zero attached hydrogens (tertiary/aromatic N) is 3. The monoisotopic (exact) mass is 399 g/mol. The van der Waals surface area contributed by atoms with Crippen molar-refractivity contribution in [2.75, 3.05) is 44.3 Å². The highest BCUT2D eigenvalue weighted by molar-refractivity contribution is 7.11. The van der Waals surface area contributed by atoms with Crippen LogP contribution in [0.4, 0.5) is 11.4 Å². The van der Waals surface area contributed by atoms with Gasteiger partial charge in [-0.15, -0.1) is 11.3 Å². The molecule has 3 heterocycles. The van der Waals surface area contributed by atoms with Crippen molar-refractivity contribution in [1.29, 1.82) is 0 Å². The van der Waals surface area contributed by atoms with E-state index in [1.807, 2.05) is 11.0 Å². The summed E-state index contributed by atoms with van der Waals surface area (Å²) in [5, 5.41) is 13.7. The van der Waals surface area contributed by atoms with Gasteiger partial charge >= 0.3 is 0 Å². The first kappa shape index (κ1) is 18.6. The number of hydrogen-bond acceptors (Lipinski definition) is 6. The van der Waals surface area contributed by atoms with E-state index in [2.05, 4.69) is 17.5 Å². The zero-order chi connectivity index (χ0) is 19.5. The fourth-order valence-corrected chi connectivity index (χ4v) is 4.39. The van der Waals surface area contributed by atoms with Crippen LogP contribution in [0.5, 0.6) is 0 Å². The van der Waals surface area contributed by atoms with E-state index in [1.54, 1.807) is 28.4 Å². The molecular formula is C20H21N3O4S. The predicted octanol–water partition coefficient (Wildman–Crippen LogP) is 3.42. The minimum Gasteiger partial charge on any atom is -0.378 e. The van der Waals surface area contributed by atoms with Gasteiger partial charge in [0.05, 0.1) is 18.1 Å². The molecule has 0 saturated carbocycles. The average Bonchev–Trinajstić information content (AvgIpc) is 3.28. The molecule has 7 nitrogen and oxygen atoms in total. The van der Waals surface area contributed by atoms with E-state index in [4.69, 9.17) is 4.74 Å². The van der Waals surface area contributed by atoms with Crippen LogP contribution in [0.3, 0.4) is 0 Å². The van der Waals surface area contributed by atoms with Crippen LogP contribution in [0.2, 0.25) is 0 Å². The van der Waals surface area contributed by atoms with Crippen LogP contribution in [0.25, 0.3) is 5.57 Å². The molecule has 0 spiro atoms. The summed E-state index contributed by atoms with van der Waals surface area (Å²) in [7, 11) is 0. The van der Waals surface area contributed by atoms with E-state index >= 15 is 0 Å². The molecule has 1 aromatic carbocycles. The number of benzene rings is 1. The van der Waals surface area contributed by atoms with Crippen LogP contribution >= 0.6 is 11.3 Å². The fraction of sp³-hybridized carbons (Fsp3) is 0.350. The summed E-state index contributed by atoms with van der Waals surface area (Å²) >= 11 is 1.71. The van der Waals surface area contributed by atoms with Crippen molar-refractivity contribution >= 4 is 34.2 Å². The van der Waals surface area contributed by atoms with Crippen molar-refractivity contribution in [3.05, 3.63) is 62.3 Å². The van der Waals surface area contributed by atoms with Crippen LogP contribution in [-0.4, -0.2) is 55.1 Å². The summed E-state index contributed by atoms with van der Waals surface area (Å²) < 4.78 is 5.27. The van der Waals surface area contributed by atoms with Gasteiger partial charge in [-0.25, -0.2) is 0 Å². The topological polar surface area (TPSA) is 75.9 Å². The highest BCUT2D eigenvalue weighted by Crippen LogP contribution is 2.34. The third-order valence-electron chi connectivity index (χ3n) is 5.10. The first-order valence-corrected chi connectivity index (χ1v) is 10.1. The Morgan fingerprint density at radius 3 is 2.64 bits per heavy atom. The highest BCUT2D eigenvalue weighted by atomic mass is 32.1. The van der Waals surface area contributed by atoms with Crippen LogP contribution in [0.15, 0.2) is 41.8 Å². The number of carbonyl (C=O) groups excluding carboxylic acids is 1. The Morgan fingerprint density at radius 1 is 1.18 bits per heavy atom. The summed E-state index contributed by atoms with van der Waals surface area (Å²) in [6, 6.07) is 8.93. The molecule has 0 radical (unpaired) electrons. The third kappa shape index (κ3) is 3.79. The first-order valence-electron chi connectivity index (χ1n) is 9.27. The van der Waals surface area contributed by atoms with Gasteiger partial charge in [0.2, 0.25) is 0 Å². The zero-order valence-electron chi connectivity index (χ0n) is 15.4. The zero-order valence-corrected chi connectivity index (χ0v) is 16.2. The minimum atomic E-state index is -0.399. The number of ether oxygens (including phenoxy) is 1. The summed E-state index contributed by atoms with van der Waals surface area (Å²) in [6.07, 6.45) is 2.97. The Hall–Kier alpha value is -2.71. The Balaban J connectivity index is 1.56. The van der Waals surface area contributed by atoms with Gasteiger partial charge in [-0.3, -0.25) is 14.9 Å². The molecule has 1 fully saturated rings. The molecule has 1 aromatic heterocycles. The van der Waals surface area contributed by atoms with E-state index in [0.29, 0.717) is 50.6 Å². The predicted molar refractivity (Wildman–Crippen MR) is 109 cm³/mol. The van der Waals surface area contributed by atoms with Crippen LogP contribution < -0.4 is 4.90 Å². The maximum Gasteiger partial charge on any atom is 0.293 e. The number of hydrogen-bond donors (Lipinski definition) is 0. The quantitative estimate of drug-likeness (QED) is 0.582. The third-order valence-corrected chi connectivity index (χ3v) is 6.05. The van der Waals surface area contributed by atoms with Crippen LogP contribution in [0.1, 0.15) is 21.7 Å². The molecule has 2 aliphatic rings. The summed E-state index contributed by atoms with van der Waals surface area (Å²) in [5.41, 5.74) is 2.18. The van der Waals surface area contributed by atoms with Crippen molar-refractivity contribution in [2.45, 2.75) is 6.42 Å². The van der Waals surface area contributed by atoms with E-state index < -0.39 is 4.92 Å². The molecule has 2 aliphatic heterocycles. The number of amides is 1. The van der Waals surface area contributed by atoms with Crippen LogP contribution in [-0.2, 0) is 4.74 Å². The largest absolute Gasteiger partial charge is 0.378 e. The smallest absolute Gasteiger partial charge is 0.293 e. The van der Waals surface area contributed by atoms with Crippen molar-refractivity contribution in [1.82, 2.24) is 4.90 Å². The number of carbonyl (C=O) groups is 1. The Morgan fingerprint density at radius 2 is 2.00 bits per heavy atom. The maximum atomic E-state index is 12.7. The molecule has 146 valence electrons. The van der Waals surface area contributed by atoms with Gasteiger partial charge in [-0.05, 0) is 35.6 Å². The second-order valence-corrected chi connectivity index (χ2v) is 7.72. The molecule has 0 unspecified atom stereocenters. The van der Waals surface area contributed by atoms with E-state index in [1.165, 1.54) is 16.5 Å². The Labute approximate surface area is 167 Å². The standard InChI is InChI=1S/C20H21N3O4S/c24-20(22-9-11-27-12-10-22)16-3-4-17(18(14-16)23(25)26)21-7-5-15(6-8-21)19-2-1-13-28-19/h1-5,13-14H,6-12H2. The number of anilines is 1. The lowest BCUT2D eigenvalue weighted by Gasteiger charge is -2.29. The Kier molecular flexibility index (Phi) is 5.40. The molecule has 0 aliphatic carbocycles. The van der Waals surface area contributed by atoms with E-state index in [-0.39, 0.29) is 11.6 Å². The first-order chi connectivity index (χ1) is 13.6. The molecule has 0 atom stereocenters. The van der Waals surface area contributed by atoms with Gasteiger partial charge < -0.3 is 14.5 Å². The molecule has 1 saturated heterocycles.